The molecule has 1 aromatic rings. The highest BCUT2D eigenvalue weighted by Gasteiger charge is 2.25. The Balaban J connectivity index is 1.27. The number of benzene rings is 1. The minimum Gasteiger partial charge on any atom is -0.246 e. The zero-order valence-corrected chi connectivity index (χ0v) is 21.2. The highest BCUT2D eigenvalue weighted by Crippen LogP contribution is 2.40. The predicted octanol–water partition coefficient (Wildman–Crippen LogP) is 9.47. The van der Waals surface area contributed by atoms with Gasteiger partial charge in [-0.3, -0.25) is 0 Å². The molecule has 3 heteroatoms. The summed E-state index contributed by atoms with van der Waals surface area (Å²) in [5.41, 5.74) is 2.03. The first-order valence-corrected chi connectivity index (χ1v) is 15.9. The maximum absolute atomic E-state index is 13.4. The van der Waals surface area contributed by atoms with Crippen molar-refractivity contribution in [3.8, 4) is 0 Å². The van der Waals surface area contributed by atoms with Crippen LogP contribution in [0.2, 0.25) is 23.2 Å². The van der Waals surface area contributed by atoms with E-state index in [0.29, 0.717) is 10.9 Å². The molecule has 2 aliphatic rings. The Morgan fingerprint density at radius 2 is 1.57 bits per heavy atom. The van der Waals surface area contributed by atoms with E-state index < -0.39 is 0 Å². The fraction of sp³-hybridized carbons (Fsp3) is 0.778. The fourth-order valence-electron chi connectivity index (χ4n) is 6.21. The van der Waals surface area contributed by atoms with E-state index in [1.165, 1.54) is 76.2 Å². The zero-order chi connectivity index (χ0) is 21.2. The molecular weight excluding hydrogens is 407 g/mol. The lowest BCUT2D eigenvalue weighted by Gasteiger charge is -2.30. The smallest absolute Gasteiger partial charge is 0.115 e. The lowest BCUT2D eigenvalue weighted by molar-refractivity contribution is 0.295. The Kier molecular flexibility index (Phi) is 10.7. The van der Waals surface area contributed by atoms with Crippen molar-refractivity contribution in [2.45, 2.75) is 121 Å². The maximum atomic E-state index is 13.4. The van der Waals surface area contributed by atoms with Gasteiger partial charge in [-0.25, -0.2) is 4.39 Å². The number of unbranched alkanes of at least 4 members (excludes halogenated alkanes) is 3. The largest absolute Gasteiger partial charge is 0.246 e. The van der Waals surface area contributed by atoms with Crippen LogP contribution in [0.3, 0.4) is 0 Å². The van der Waals surface area contributed by atoms with Crippen LogP contribution in [-0.4, -0.2) is 8.80 Å². The number of hydrogen-bond donors (Lipinski definition) is 0. The summed E-state index contributed by atoms with van der Waals surface area (Å²) in [4.78, 5) is 0. The number of halogens is 2. The van der Waals surface area contributed by atoms with Gasteiger partial charge in [-0.1, -0.05) is 101 Å². The first kappa shape index (κ1) is 24.3. The van der Waals surface area contributed by atoms with Gasteiger partial charge in [0.2, 0.25) is 0 Å². The highest BCUT2D eigenvalue weighted by atomic mass is 35.5. The van der Waals surface area contributed by atoms with Gasteiger partial charge < -0.3 is 0 Å². The zero-order valence-electron chi connectivity index (χ0n) is 19.3. The van der Waals surface area contributed by atoms with Crippen LogP contribution in [-0.2, 0) is 6.67 Å². The summed E-state index contributed by atoms with van der Waals surface area (Å²) in [6.45, 7) is 1.94. The molecule has 0 N–H and O–H groups in total. The monoisotopic (exact) mass is 450 g/mol. The first-order valence-electron chi connectivity index (χ1n) is 13.0. The fourth-order valence-corrected chi connectivity index (χ4v) is 10.0. The van der Waals surface area contributed by atoms with Crippen LogP contribution < -0.4 is 0 Å². The van der Waals surface area contributed by atoms with Crippen molar-refractivity contribution in [2.75, 3.05) is 0 Å². The van der Waals surface area contributed by atoms with Gasteiger partial charge in [0.05, 0.1) is 0 Å². The second kappa shape index (κ2) is 13.3. The van der Waals surface area contributed by atoms with Gasteiger partial charge in [0, 0.05) is 13.8 Å². The molecule has 0 aromatic heterocycles. The van der Waals surface area contributed by atoms with Gasteiger partial charge in [-0.2, -0.15) is 0 Å². The van der Waals surface area contributed by atoms with Crippen molar-refractivity contribution >= 4 is 20.4 Å². The molecule has 2 fully saturated rings. The average molecular weight is 451 g/mol. The van der Waals surface area contributed by atoms with E-state index in [2.05, 4.69) is 13.0 Å². The third kappa shape index (κ3) is 7.66. The normalized spacial score (nSPS) is 27.3. The van der Waals surface area contributed by atoms with Crippen molar-refractivity contribution in [2.24, 2.45) is 11.8 Å². The molecule has 0 bridgehead atoms. The minimum atomic E-state index is -0.390. The molecule has 1 heterocycles. The van der Waals surface area contributed by atoms with Crippen LogP contribution in [0.15, 0.2) is 18.2 Å². The van der Waals surface area contributed by atoms with Crippen molar-refractivity contribution in [3.63, 3.8) is 0 Å². The Hall–Kier alpha value is -0.343. The van der Waals surface area contributed by atoms with Crippen molar-refractivity contribution < 1.29 is 4.39 Å². The summed E-state index contributed by atoms with van der Waals surface area (Å²) in [6.07, 6.45) is 18.4. The standard InChI is InChI=1S/C27H44ClFSi/c1-2-3-6-17-30-18-15-23(16-19-30)8-5-4-7-22-9-11-24(12-10-22)27-14-13-26(28)20-25(27)21-29/h13-14,20,22-24,30H,2-12,15-19,21H2,1H3/t22-,23?,24-,30?. The van der Waals surface area contributed by atoms with Crippen molar-refractivity contribution in [1.82, 2.24) is 0 Å². The molecule has 1 saturated carbocycles. The summed E-state index contributed by atoms with van der Waals surface area (Å²) >= 11 is 6.05. The lowest BCUT2D eigenvalue weighted by Crippen LogP contribution is -2.21. The Bertz CT molecular complexity index is 603. The quantitative estimate of drug-likeness (QED) is 0.232. The van der Waals surface area contributed by atoms with Gasteiger partial charge in [0.25, 0.3) is 0 Å². The molecular formula is C27H44ClFSi. The van der Waals surface area contributed by atoms with Crippen LogP contribution in [0.5, 0.6) is 0 Å². The Morgan fingerprint density at radius 1 is 0.900 bits per heavy atom. The van der Waals surface area contributed by atoms with E-state index in [0.717, 1.165) is 17.4 Å². The lowest BCUT2D eigenvalue weighted by atomic mass is 9.76. The molecule has 0 radical (unpaired) electrons. The van der Waals surface area contributed by atoms with Crippen molar-refractivity contribution in [1.29, 1.82) is 0 Å². The summed E-state index contributed by atoms with van der Waals surface area (Å²) in [5, 5.41) is 0.660. The van der Waals surface area contributed by atoms with Gasteiger partial charge in [0.1, 0.15) is 6.67 Å². The van der Waals surface area contributed by atoms with Crippen molar-refractivity contribution in [3.05, 3.63) is 34.3 Å². The molecule has 0 atom stereocenters. The van der Waals surface area contributed by atoms with E-state index in [-0.39, 0.29) is 15.5 Å². The molecule has 0 amide bonds. The third-order valence-corrected chi connectivity index (χ3v) is 12.0. The van der Waals surface area contributed by atoms with Crippen LogP contribution in [0.25, 0.3) is 0 Å². The molecule has 1 aliphatic heterocycles. The molecule has 0 spiro atoms. The summed E-state index contributed by atoms with van der Waals surface area (Å²) < 4.78 is 13.4. The Labute approximate surface area is 192 Å². The summed E-state index contributed by atoms with van der Waals surface area (Å²) in [6, 6.07) is 10.7. The highest BCUT2D eigenvalue weighted by molar-refractivity contribution is 6.58. The summed E-state index contributed by atoms with van der Waals surface area (Å²) in [5.74, 6) is 2.50. The van der Waals surface area contributed by atoms with E-state index >= 15 is 0 Å². The van der Waals surface area contributed by atoms with Gasteiger partial charge >= 0.3 is 0 Å². The number of hydrogen-bond acceptors (Lipinski definition) is 0. The molecule has 1 aromatic carbocycles. The minimum absolute atomic E-state index is 0.333. The molecule has 30 heavy (non-hydrogen) atoms. The number of rotatable bonds is 11. The molecule has 1 saturated heterocycles. The van der Waals surface area contributed by atoms with Gasteiger partial charge in [0.15, 0.2) is 0 Å². The first-order chi connectivity index (χ1) is 14.7. The van der Waals surface area contributed by atoms with Crippen LogP contribution in [0.1, 0.15) is 107 Å². The molecule has 1 aliphatic carbocycles. The average Bonchev–Trinajstić information content (AvgIpc) is 2.78. The maximum Gasteiger partial charge on any atom is 0.115 e. The van der Waals surface area contributed by atoms with Gasteiger partial charge in [-0.05, 0) is 66.7 Å². The van der Waals surface area contributed by atoms with Crippen LogP contribution in [0, 0.1) is 11.8 Å². The van der Waals surface area contributed by atoms with E-state index in [9.17, 15) is 4.39 Å². The van der Waals surface area contributed by atoms with E-state index in [1.807, 2.05) is 12.1 Å². The molecule has 0 nitrogen and oxygen atoms in total. The predicted molar refractivity (Wildman–Crippen MR) is 133 cm³/mol. The second-order valence-corrected chi connectivity index (χ2v) is 14.3. The van der Waals surface area contributed by atoms with Gasteiger partial charge in [-0.15, -0.1) is 0 Å². The Morgan fingerprint density at radius 3 is 2.20 bits per heavy atom. The SMILES string of the molecule is CCCCC[SiH]1CCC(CCCC[C@H]2CC[C@H](c3ccc(Cl)cc3CF)CC2)CC1. The van der Waals surface area contributed by atoms with Crippen LogP contribution >= 0.6 is 11.6 Å². The molecule has 170 valence electrons. The topological polar surface area (TPSA) is 0 Å². The number of alkyl halides is 1. The molecule has 3 rings (SSSR count). The second-order valence-electron chi connectivity index (χ2n) is 10.4. The van der Waals surface area contributed by atoms with E-state index in [1.54, 1.807) is 31.0 Å². The summed E-state index contributed by atoms with van der Waals surface area (Å²) in [7, 11) is -0.333. The van der Waals surface area contributed by atoms with Crippen LogP contribution in [0.4, 0.5) is 4.39 Å². The third-order valence-electron chi connectivity index (χ3n) is 8.19. The molecule has 0 unspecified atom stereocenters. The van der Waals surface area contributed by atoms with E-state index in [4.69, 9.17) is 11.6 Å².